The Morgan fingerprint density at radius 2 is 2.09 bits per heavy atom. The number of anilines is 1. The number of hydrogen-bond donors (Lipinski definition) is 1. The van der Waals surface area contributed by atoms with Gasteiger partial charge in [0.25, 0.3) is 0 Å². The smallest absolute Gasteiger partial charge is 0.177 e. The SMILES string of the molecule is CN(C)c1ccc(/C=N\NC2=N[C@@H]3CCC[C@H](Br)[C@@H]3S2)cc1. The molecule has 0 bridgehead atoms. The number of aliphatic imine (C=N–C) groups is 1. The predicted molar refractivity (Wildman–Crippen MR) is 101 cm³/mol. The van der Waals surface area contributed by atoms with E-state index in [1.54, 1.807) is 0 Å². The van der Waals surface area contributed by atoms with E-state index in [2.05, 4.69) is 55.6 Å². The van der Waals surface area contributed by atoms with E-state index in [0.29, 0.717) is 16.1 Å². The fourth-order valence-corrected chi connectivity index (χ4v) is 4.96. The first-order chi connectivity index (χ1) is 10.6. The standard InChI is InChI=1S/C16H21BrN4S/c1-21(2)12-8-6-11(7-9-12)10-18-20-16-19-14-5-3-4-13(17)15(14)22-16/h6-10,13-15H,3-5H2,1-2H3,(H,19,20)/b18-10-/t13-,14+,15-/m0/s1. The fourth-order valence-electron chi connectivity index (χ4n) is 2.77. The van der Waals surface area contributed by atoms with Crippen LogP contribution in [0.3, 0.4) is 0 Å². The van der Waals surface area contributed by atoms with Gasteiger partial charge >= 0.3 is 0 Å². The van der Waals surface area contributed by atoms with Gasteiger partial charge in [0.2, 0.25) is 0 Å². The quantitative estimate of drug-likeness (QED) is 0.495. The number of alkyl halides is 1. The zero-order valence-corrected chi connectivity index (χ0v) is 15.3. The summed E-state index contributed by atoms with van der Waals surface area (Å²) >= 11 is 5.60. The summed E-state index contributed by atoms with van der Waals surface area (Å²) in [6.45, 7) is 0. The lowest BCUT2D eigenvalue weighted by molar-refractivity contribution is 0.475. The van der Waals surface area contributed by atoms with Crippen LogP contribution in [0, 0.1) is 0 Å². The molecule has 1 N–H and O–H groups in total. The van der Waals surface area contributed by atoms with Crippen LogP contribution >= 0.6 is 27.7 Å². The molecule has 0 spiro atoms. The maximum absolute atomic E-state index is 4.75. The molecule has 3 atom stereocenters. The molecule has 0 aromatic heterocycles. The Morgan fingerprint density at radius 1 is 1.32 bits per heavy atom. The van der Waals surface area contributed by atoms with Crippen LogP contribution in [0.25, 0.3) is 0 Å². The molecule has 3 rings (SSSR count). The molecule has 0 amide bonds. The molecule has 1 fully saturated rings. The number of thioether (sulfide) groups is 1. The van der Waals surface area contributed by atoms with Crippen molar-refractivity contribution in [1.29, 1.82) is 0 Å². The second-order valence-electron chi connectivity index (χ2n) is 5.89. The second-order valence-corrected chi connectivity index (χ2v) is 8.23. The lowest BCUT2D eigenvalue weighted by Crippen LogP contribution is -2.31. The number of fused-ring (bicyclic) bond motifs is 1. The van der Waals surface area contributed by atoms with Crippen LogP contribution in [0.1, 0.15) is 24.8 Å². The third-order valence-corrected chi connectivity index (χ3v) is 6.74. The van der Waals surface area contributed by atoms with Crippen molar-refractivity contribution in [2.45, 2.75) is 35.4 Å². The van der Waals surface area contributed by atoms with Crippen molar-refractivity contribution in [3.05, 3.63) is 29.8 Å². The Labute approximate surface area is 144 Å². The van der Waals surface area contributed by atoms with E-state index in [1.807, 2.05) is 32.1 Å². The summed E-state index contributed by atoms with van der Waals surface area (Å²) < 4.78 is 0. The molecule has 0 unspecified atom stereocenters. The molecule has 2 aliphatic rings. The first-order valence-corrected chi connectivity index (χ1v) is 9.38. The van der Waals surface area contributed by atoms with E-state index < -0.39 is 0 Å². The normalized spacial score (nSPS) is 27.6. The zero-order valence-electron chi connectivity index (χ0n) is 12.9. The first kappa shape index (κ1) is 15.9. The van der Waals surface area contributed by atoms with Gasteiger partial charge in [0, 0.05) is 29.9 Å². The van der Waals surface area contributed by atoms with Gasteiger partial charge < -0.3 is 4.90 Å². The molecule has 0 radical (unpaired) electrons. The second kappa shape index (κ2) is 7.04. The average molecular weight is 381 g/mol. The van der Waals surface area contributed by atoms with E-state index >= 15 is 0 Å². The summed E-state index contributed by atoms with van der Waals surface area (Å²) in [6, 6.07) is 8.76. The van der Waals surface area contributed by atoms with Gasteiger partial charge in [-0.2, -0.15) is 5.10 Å². The third kappa shape index (κ3) is 3.66. The van der Waals surface area contributed by atoms with Gasteiger partial charge in [-0.3, -0.25) is 10.4 Å². The van der Waals surface area contributed by atoms with Crippen LogP contribution < -0.4 is 10.3 Å². The highest BCUT2D eigenvalue weighted by Crippen LogP contribution is 2.39. The largest absolute Gasteiger partial charge is 0.378 e. The number of halogens is 1. The monoisotopic (exact) mass is 380 g/mol. The summed E-state index contributed by atoms with van der Waals surface area (Å²) in [5, 5.41) is 5.83. The van der Waals surface area contributed by atoms with Crippen LogP contribution in [0.15, 0.2) is 34.4 Å². The minimum absolute atomic E-state index is 0.445. The predicted octanol–water partition coefficient (Wildman–Crippen LogP) is 3.46. The van der Waals surface area contributed by atoms with Crippen LogP contribution in [-0.4, -0.2) is 41.6 Å². The van der Waals surface area contributed by atoms with Gasteiger partial charge in [-0.05, 0) is 30.5 Å². The maximum Gasteiger partial charge on any atom is 0.177 e. The van der Waals surface area contributed by atoms with Crippen molar-refractivity contribution in [1.82, 2.24) is 5.43 Å². The first-order valence-electron chi connectivity index (χ1n) is 7.58. The lowest BCUT2D eigenvalue weighted by Gasteiger charge is -2.27. The van der Waals surface area contributed by atoms with Crippen molar-refractivity contribution in [3.8, 4) is 0 Å². The topological polar surface area (TPSA) is 40.0 Å². The highest BCUT2D eigenvalue weighted by atomic mass is 79.9. The molecular weight excluding hydrogens is 360 g/mol. The van der Waals surface area contributed by atoms with Gasteiger partial charge in [-0.1, -0.05) is 46.2 Å². The number of amidine groups is 1. The highest BCUT2D eigenvalue weighted by Gasteiger charge is 2.37. The van der Waals surface area contributed by atoms with Crippen molar-refractivity contribution >= 4 is 44.8 Å². The van der Waals surface area contributed by atoms with E-state index in [4.69, 9.17) is 4.99 Å². The molecule has 1 aromatic rings. The Hall–Kier alpha value is -1.01. The molecule has 6 heteroatoms. The number of rotatable bonds is 3. The van der Waals surface area contributed by atoms with E-state index in [0.717, 1.165) is 10.7 Å². The molecule has 1 heterocycles. The summed E-state index contributed by atoms with van der Waals surface area (Å²) in [5.74, 6) is 0. The third-order valence-electron chi connectivity index (χ3n) is 4.03. The zero-order chi connectivity index (χ0) is 15.5. The Bertz CT molecular complexity index is 570. The van der Waals surface area contributed by atoms with Gasteiger partial charge in [0.1, 0.15) is 0 Å². The minimum atomic E-state index is 0.445. The van der Waals surface area contributed by atoms with Crippen LogP contribution in [-0.2, 0) is 0 Å². The summed E-state index contributed by atoms with van der Waals surface area (Å²) in [4.78, 5) is 7.40. The van der Waals surface area contributed by atoms with Crippen LogP contribution in [0.2, 0.25) is 0 Å². The molecule has 1 aliphatic heterocycles. The van der Waals surface area contributed by atoms with Crippen molar-refractivity contribution in [3.63, 3.8) is 0 Å². The number of hydrazone groups is 1. The molecule has 4 nitrogen and oxygen atoms in total. The van der Waals surface area contributed by atoms with Gasteiger partial charge in [0.15, 0.2) is 5.17 Å². The molecule has 1 aliphatic carbocycles. The molecule has 22 heavy (non-hydrogen) atoms. The summed E-state index contributed by atoms with van der Waals surface area (Å²) in [5.41, 5.74) is 5.36. The van der Waals surface area contributed by atoms with Crippen molar-refractivity contribution in [2.24, 2.45) is 10.1 Å². The minimum Gasteiger partial charge on any atom is -0.378 e. The number of nitrogens with one attached hydrogen (secondary N) is 1. The van der Waals surface area contributed by atoms with Gasteiger partial charge in [-0.15, -0.1) is 0 Å². The molecule has 0 saturated heterocycles. The molecule has 1 saturated carbocycles. The average Bonchev–Trinajstić information content (AvgIpc) is 2.92. The van der Waals surface area contributed by atoms with Crippen LogP contribution in [0.5, 0.6) is 0 Å². The van der Waals surface area contributed by atoms with E-state index in [-0.39, 0.29) is 0 Å². The fraction of sp³-hybridized carbons (Fsp3) is 0.500. The van der Waals surface area contributed by atoms with Gasteiger partial charge in [0.05, 0.1) is 12.3 Å². The number of nitrogens with zero attached hydrogens (tertiary/aromatic N) is 3. The van der Waals surface area contributed by atoms with E-state index in [1.165, 1.54) is 24.9 Å². The lowest BCUT2D eigenvalue weighted by atomic mass is 9.95. The Morgan fingerprint density at radius 3 is 2.77 bits per heavy atom. The molecule has 1 aromatic carbocycles. The van der Waals surface area contributed by atoms with Crippen LogP contribution in [0.4, 0.5) is 5.69 Å². The summed E-state index contributed by atoms with van der Waals surface area (Å²) in [7, 11) is 4.08. The number of hydrogen-bond acceptors (Lipinski definition) is 5. The van der Waals surface area contributed by atoms with Gasteiger partial charge in [-0.25, -0.2) is 0 Å². The van der Waals surface area contributed by atoms with E-state index in [9.17, 15) is 0 Å². The van der Waals surface area contributed by atoms with Crippen molar-refractivity contribution in [2.75, 3.05) is 19.0 Å². The molecule has 118 valence electrons. The Balaban J connectivity index is 1.56. The Kier molecular flexibility index (Phi) is 5.08. The molecular formula is C16H21BrN4S. The highest BCUT2D eigenvalue weighted by molar-refractivity contribution is 9.09. The maximum atomic E-state index is 4.75. The number of benzene rings is 1. The van der Waals surface area contributed by atoms with Crippen molar-refractivity contribution < 1.29 is 0 Å². The summed E-state index contributed by atoms with van der Waals surface area (Å²) in [6.07, 6.45) is 5.55.